The van der Waals surface area contributed by atoms with E-state index in [1.807, 2.05) is 24.3 Å². The number of halogens is 2. The first-order valence-electron chi connectivity index (χ1n) is 10.7. The van der Waals surface area contributed by atoms with Crippen LogP contribution >= 0.6 is 11.6 Å². The largest absolute Gasteiger partial charge is 0.493 e. The molecule has 0 bridgehead atoms. The standard InChI is InChI=1S/C27H23ClFNO4/c1-16(2)18-8-10-19(11-9-18)26-30-23(27(31)34-26)13-17-12-21(28)25(24(14-17)32-3)33-15-20-6-4-5-7-22(20)29/h4-14,16H,15H2,1-3H3/b23-13-. The molecule has 0 radical (unpaired) electrons. The zero-order valence-corrected chi connectivity index (χ0v) is 19.7. The van der Waals surface area contributed by atoms with Crippen LogP contribution in [0.1, 0.15) is 42.0 Å². The van der Waals surface area contributed by atoms with Crippen LogP contribution in [0.25, 0.3) is 6.08 Å². The number of hydrogen-bond donors (Lipinski definition) is 0. The van der Waals surface area contributed by atoms with E-state index in [0.29, 0.717) is 28.4 Å². The fourth-order valence-corrected chi connectivity index (χ4v) is 3.70. The molecule has 0 spiro atoms. The van der Waals surface area contributed by atoms with Crippen molar-refractivity contribution < 1.29 is 23.4 Å². The molecule has 0 aromatic heterocycles. The van der Waals surface area contributed by atoms with E-state index >= 15 is 0 Å². The van der Waals surface area contributed by atoms with Crippen molar-refractivity contribution in [2.45, 2.75) is 26.4 Å². The van der Waals surface area contributed by atoms with E-state index in [2.05, 4.69) is 18.8 Å². The summed E-state index contributed by atoms with van der Waals surface area (Å²) in [6.45, 7) is 4.20. The molecule has 3 aromatic rings. The lowest BCUT2D eigenvalue weighted by Crippen LogP contribution is -2.05. The van der Waals surface area contributed by atoms with Crippen LogP contribution in [-0.2, 0) is 16.1 Å². The molecule has 0 unspecified atom stereocenters. The Morgan fingerprint density at radius 1 is 1.12 bits per heavy atom. The van der Waals surface area contributed by atoms with E-state index in [9.17, 15) is 9.18 Å². The van der Waals surface area contributed by atoms with Gasteiger partial charge in [0.05, 0.1) is 12.1 Å². The van der Waals surface area contributed by atoms with Crippen LogP contribution in [0.2, 0.25) is 5.02 Å². The topological polar surface area (TPSA) is 57.1 Å². The van der Waals surface area contributed by atoms with Crippen molar-refractivity contribution in [3.63, 3.8) is 0 Å². The zero-order chi connectivity index (χ0) is 24.2. The van der Waals surface area contributed by atoms with Crippen LogP contribution in [0.3, 0.4) is 0 Å². The number of esters is 1. The van der Waals surface area contributed by atoms with E-state index in [4.69, 9.17) is 25.8 Å². The van der Waals surface area contributed by atoms with E-state index in [1.165, 1.54) is 18.7 Å². The number of rotatable bonds is 7. The highest BCUT2D eigenvalue weighted by atomic mass is 35.5. The van der Waals surface area contributed by atoms with Gasteiger partial charge in [-0.3, -0.25) is 0 Å². The van der Waals surface area contributed by atoms with Crippen LogP contribution < -0.4 is 9.47 Å². The Labute approximate surface area is 202 Å². The third kappa shape index (κ3) is 5.13. The summed E-state index contributed by atoms with van der Waals surface area (Å²) in [5.41, 5.74) is 3.01. The molecule has 1 aliphatic heterocycles. The number of ether oxygens (including phenoxy) is 3. The number of carbonyl (C=O) groups is 1. The lowest BCUT2D eigenvalue weighted by molar-refractivity contribution is -0.129. The predicted molar refractivity (Wildman–Crippen MR) is 130 cm³/mol. The van der Waals surface area contributed by atoms with Gasteiger partial charge in [0, 0.05) is 11.1 Å². The maximum absolute atomic E-state index is 13.9. The Hall–Kier alpha value is -3.64. The molecular formula is C27H23ClFNO4. The van der Waals surface area contributed by atoms with Gasteiger partial charge in [0.2, 0.25) is 5.90 Å². The fourth-order valence-electron chi connectivity index (χ4n) is 3.43. The molecule has 0 amide bonds. The number of hydrogen-bond acceptors (Lipinski definition) is 5. The highest BCUT2D eigenvalue weighted by Gasteiger charge is 2.24. The number of aliphatic imine (C=N–C) groups is 1. The molecule has 0 fully saturated rings. The van der Waals surface area contributed by atoms with Crippen molar-refractivity contribution in [1.82, 2.24) is 0 Å². The van der Waals surface area contributed by atoms with Crippen molar-refractivity contribution in [3.8, 4) is 11.5 Å². The molecule has 7 heteroatoms. The Morgan fingerprint density at radius 2 is 1.85 bits per heavy atom. The van der Waals surface area contributed by atoms with E-state index < -0.39 is 5.97 Å². The number of carbonyl (C=O) groups excluding carboxylic acids is 1. The van der Waals surface area contributed by atoms with Crippen LogP contribution in [0.4, 0.5) is 4.39 Å². The quantitative estimate of drug-likeness (QED) is 0.285. The van der Waals surface area contributed by atoms with Gasteiger partial charge in [-0.05, 0) is 53.5 Å². The van der Waals surface area contributed by atoms with Crippen LogP contribution in [0.15, 0.2) is 71.4 Å². The van der Waals surface area contributed by atoms with Gasteiger partial charge in [-0.2, -0.15) is 0 Å². The Morgan fingerprint density at radius 3 is 2.53 bits per heavy atom. The summed E-state index contributed by atoms with van der Waals surface area (Å²) in [5.74, 6) is 0.336. The van der Waals surface area contributed by atoms with Gasteiger partial charge >= 0.3 is 5.97 Å². The summed E-state index contributed by atoms with van der Waals surface area (Å²) >= 11 is 6.43. The van der Waals surface area contributed by atoms with Crippen molar-refractivity contribution >= 4 is 29.5 Å². The minimum Gasteiger partial charge on any atom is -0.493 e. The van der Waals surface area contributed by atoms with Gasteiger partial charge in [0.25, 0.3) is 0 Å². The number of cyclic esters (lactones) is 1. The summed E-state index contributed by atoms with van der Waals surface area (Å²) in [6.07, 6.45) is 1.56. The molecule has 34 heavy (non-hydrogen) atoms. The molecule has 0 aliphatic carbocycles. The second kappa shape index (κ2) is 10.1. The van der Waals surface area contributed by atoms with E-state index in [-0.39, 0.29) is 34.8 Å². The van der Waals surface area contributed by atoms with Gasteiger partial charge in [-0.1, -0.05) is 55.8 Å². The maximum atomic E-state index is 13.9. The Bertz CT molecular complexity index is 1280. The van der Waals surface area contributed by atoms with Crippen molar-refractivity contribution in [3.05, 3.63) is 99.5 Å². The predicted octanol–water partition coefficient (Wildman–Crippen LogP) is 6.53. The summed E-state index contributed by atoms with van der Waals surface area (Å²) in [7, 11) is 1.47. The molecule has 1 aliphatic rings. The average molecular weight is 480 g/mol. The van der Waals surface area contributed by atoms with Gasteiger partial charge in [0.1, 0.15) is 12.4 Å². The SMILES string of the molecule is COc1cc(/C=C2\N=C(c3ccc(C(C)C)cc3)OC2=O)cc(Cl)c1OCc1ccccc1F. The zero-order valence-electron chi connectivity index (χ0n) is 19.0. The molecule has 0 N–H and O–H groups in total. The molecule has 174 valence electrons. The molecule has 4 rings (SSSR count). The van der Waals surface area contributed by atoms with Crippen molar-refractivity contribution in [2.24, 2.45) is 4.99 Å². The van der Waals surface area contributed by atoms with Crippen LogP contribution in [0.5, 0.6) is 11.5 Å². The van der Waals surface area contributed by atoms with Gasteiger partial charge < -0.3 is 14.2 Å². The van der Waals surface area contributed by atoms with Crippen LogP contribution in [-0.4, -0.2) is 19.0 Å². The first-order chi connectivity index (χ1) is 16.4. The molecule has 1 heterocycles. The third-order valence-electron chi connectivity index (χ3n) is 5.33. The lowest BCUT2D eigenvalue weighted by Gasteiger charge is -2.13. The van der Waals surface area contributed by atoms with E-state index in [0.717, 1.165) is 0 Å². The molecule has 3 aromatic carbocycles. The summed E-state index contributed by atoms with van der Waals surface area (Å²) < 4.78 is 30.4. The Kier molecular flexibility index (Phi) is 6.98. The molecular weight excluding hydrogens is 457 g/mol. The first kappa shape index (κ1) is 23.5. The second-order valence-corrected chi connectivity index (χ2v) is 8.43. The minimum atomic E-state index is -0.557. The monoisotopic (exact) mass is 479 g/mol. The van der Waals surface area contributed by atoms with E-state index in [1.54, 1.807) is 36.4 Å². The average Bonchev–Trinajstić information content (AvgIpc) is 3.19. The Balaban J connectivity index is 1.58. The minimum absolute atomic E-state index is 0.0151. The highest BCUT2D eigenvalue weighted by molar-refractivity contribution is 6.32. The fraction of sp³-hybridized carbons (Fsp3) is 0.185. The second-order valence-electron chi connectivity index (χ2n) is 8.03. The molecule has 0 atom stereocenters. The normalized spacial score (nSPS) is 14.4. The highest BCUT2D eigenvalue weighted by Crippen LogP contribution is 2.38. The van der Waals surface area contributed by atoms with Gasteiger partial charge in [-0.15, -0.1) is 0 Å². The third-order valence-corrected chi connectivity index (χ3v) is 5.61. The summed E-state index contributed by atoms with van der Waals surface area (Å²) in [4.78, 5) is 16.8. The van der Waals surface area contributed by atoms with Crippen LogP contribution in [0, 0.1) is 5.82 Å². The summed E-state index contributed by atoms with van der Waals surface area (Å²) in [6, 6.07) is 17.3. The summed E-state index contributed by atoms with van der Waals surface area (Å²) in [5, 5.41) is 0.252. The van der Waals surface area contributed by atoms with Gasteiger partial charge in [-0.25, -0.2) is 14.2 Å². The number of benzene rings is 3. The smallest absolute Gasteiger partial charge is 0.363 e. The molecule has 0 saturated carbocycles. The number of nitrogens with zero attached hydrogens (tertiary/aromatic N) is 1. The molecule has 5 nitrogen and oxygen atoms in total. The van der Waals surface area contributed by atoms with Crippen molar-refractivity contribution in [2.75, 3.05) is 7.11 Å². The lowest BCUT2D eigenvalue weighted by atomic mass is 10.0. The van der Waals surface area contributed by atoms with Crippen molar-refractivity contribution in [1.29, 1.82) is 0 Å². The first-order valence-corrected chi connectivity index (χ1v) is 11.1. The number of methoxy groups -OCH3 is 1. The molecule has 0 saturated heterocycles. The van der Waals surface area contributed by atoms with Gasteiger partial charge in [0.15, 0.2) is 17.2 Å². The maximum Gasteiger partial charge on any atom is 0.363 e.